The number of carbonyl (C=O) groups excluding carboxylic acids is 1. The van der Waals surface area contributed by atoms with E-state index in [4.69, 9.17) is 17.0 Å². The van der Waals surface area contributed by atoms with Crippen LogP contribution in [0.1, 0.15) is 39.0 Å². The molecule has 5 heteroatoms. The maximum Gasteiger partial charge on any atom is 0.297 e. The van der Waals surface area contributed by atoms with Gasteiger partial charge < -0.3 is 9.64 Å². The van der Waals surface area contributed by atoms with Crippen LogP contribution in [0.15, 0.2) is 48.4 Å². The lowest BCUT2D eigenvalue weighted by molar-refractivity contribution is -0.123. The van der Waals surface area contributed by atoms with Crippen molar-refractivity contribution in [3.05, 3.63) is 48.4 Å². The third kappa shape index (κ3) is 6.71. The van der Waals surface area contributed by atoms with Gasteiger partial charge in [-0.25, -0.2) is 0 Å². The van der Waals surface area contributed by atoms with E-state index in [1.54, 1.807) is 17.1 Å². The molecule has 1 fully saturated rings. The van der Waals surface area contributed by atoms with Crippen LogP contribution in [0.25, 0.3) is 0 Å². The van der Waals surface area contributed by atoms with Gasteiger partial charge in [-0.05, 0) is 42.6 Å². The molecule has 0 saturated carbocycles. The SMILES string of the molecule is C=CC(=CC=CN(C)C)C=C1OC(=S)N(CCCCCCC)C1=O. The summed E-state index contributed by atoms with van der Waals surface area (Å²) in [4.78, 5) is 15.9. The fourth-order valence-electron chi connectivity index (χ4n) is 2.22. The van der Waals surface area contributed by atoms with Gasteiger partial charge in [0, 0.05) is 20.6 Å². The van der Waals surface area contributed by atoms with Gasteiger partial charge in [0.15, 0.2) is 5.76 Å². The molecule has 0 aromatic carbocycles. The number of hydrogen-bond acceptors (Lipinski definition) is 4. The lowest BCUT2D eigenvalue weighted by Gasteiger charge is -2.11. The first-order valence-corrected chi connectivity index (χ1v) is 8.83. The number of hydrogen-bond donors (Lipinski definition) is 0. The van der Waals surface area contributed by atoms with Crippen molar-refractivity contribution in [1.82, 2.24) is 9.80 Å². The molecule has 132 valence electrons. The third-order valence-electron chi connectivity index (χ3n) is 3.57. The normalized spacial score (nSPS) is 17.0. The number of carbonyl (C=O) groups is 1. The summed E-state index contributed by atoms with van der Waals surface area (Å²) in [5, 5.41) is 0.244. The number of amides is 1. The molecule has 0 aromatic heterocycles. The van der Waals surface area contributed by atoms with Crippen molar-refractivity contribution in [2.75, 3.05) is 20.6 Å². The zero-order chi connectivity index (χ0) is 17.9. The van der Waals surface area contributed by atoms with E-state index in [2.05, 4.69) is 13.5 Å². The van der Waals surface area contributed by atoms with Crippen molar-refractivity contribution in [3.63, 3.8) is 0 Å². The molecule has 0 spiro atoms. The zero-order valence-electron chi connectivity index (χ0n) is 15.0. The average Bonchev–Trinajstić information content (AvgIpc) is 2.80. The quantitative estimate of drug-likeness (QED) is 0.257. The van der Waals surface area contributed by atoms with E-state index in [1.807, 2.05) is 37.3 Å². The average molecular weight is 349 g/mol. The Morgan fingerprint density at radius 3 is 2.62 bits per heavy atom. The first-order chi connectivity index (χ1) is 11.5. The highest BCUT2D eigenvalue weighted by atomic mass is 32.1. The minimum atomic E-state index is -0.167. The molecular formula is C19H28N2O2S. The van der Waals surface area contributed by atoms with Gasteiger partial charge in [-0.3, -0.25) is 9.69 Å². The van der Waals surface area contributed by atoms with Crippen LogP contribution in [0.3, 0.4) is 0 Å². The van der Waals surface area contributed by atoms with Crippen LogP contribution >= 0.6 is 12.2 Å². The van der Waals surface area contributed by atoms with Crippen LogP contribution in [0.4, 0.5) is 0 Å². The number of thiocarbonyl (C=S) groups is 1. The number of unbranched alkanes of at least 4 members (excludes halogenated alkanes) is 4. The summed E-state index contributed by atoms with van der Waals surface area (Å²) in [6.45, 7) is 6.57. The molecule has 0 atom stereocenters. The van der Waals surface area contributed by atoms with Gasteiger partial charge in [0.25, 0.3) is 11.1 Å². The molecule has 0 unspecified atom stereocenters. The summed E-state index contributed by atoms with van der Waals surface area (Å²) in [6.07, 6.45) is 14.7. The van der Waals surface area contributed by atoms with Crippen molar-refractivity contribution < 1.29 is 9.53 Å². The molecule has 1 amide bonds. The summed E-state index contributed by atoms with van der Waals surface area (Å²) >= 11 is 5.18. The molecule has 0 aromatic rings. The summed E-state index contributed by atoms with van der Waals surface area (Å²) in [5.74, 6) is 0.0952. The molecule has 1 heterocycles. The predicted octanol–water partition coefficient (Wildman–Crippen LogP) is 4.17. The van der Waals surface area contributed by atoms with Crippen LogP contribution in [0.5, 0.6) is 0 Å². The molecule has 1 aliphatic rings. The summed E-state index contributed by atoms with van der Waals surface area (Å²) < 4.78 is 5.47. The largest absolute Gasteiger partial charge is 0.426 e. The number of rotatable bonds is 10. The summed E-state index contributed by atoms with van der Waals surface area (Å²) in [6, 6.07) is 0. The van der Waals surface area contributed by atoms with Crippen LogP contribution in [-0.2, 0) is 9.53 Å². The van der Waals surface area contributed by atoms with Gasteiger partial charge in [0.05, 0.1) is 0 Å². The predicted molar refractivity (Wildman–Crippen MR) is 103 cm³/mol. The zero-order valence-corrected chi connectivity index (χ0v) is 15.8. The Morgan fingerprint density at radius 2 is 2.00 bits per heavy atom. The van der Waals surface area contributed by atoms with E-state index in [1.165, 1.54) is 19.3 Å². The summed E-state index contributed by atoms with van der Waals surface area (Å²) in [7, 11) is 3.88. The smallest absolute Gasteiger partial charge is 0.297 e. The van der Waals surface area contributed by atoms with Crippen molar-refractivity contribution in [2.45, 2.75) is 39.0 Å². The Kier molecular flexibility index (Phi) is 9.08. The van der Waals surface area contributed by atoms with E-state index >= 15 is 0 Å². The second-order valence-corrected chi connectivity index (χ2v) is 6.27. The lowest BCUT2D eigenvalue weighted by Crippen LogP contribution is -2.29. The third-order valence-corrected chi connectivity index (χ3v) is 3.87. The molecule has 0 radical (unpaired) electrons. The molecule has 0 aliphatic carbocycles. The van der Waals surface area contributed by atoms with Crippen molar-refractivity contribution in [3.8, 4) is 0 Å². The Balaban J connectivity index is 2.68. The van der Waals surface area contributed by atoms with Crippen LogP contribution in [0.2, 0.25) is 0 Å². The molecule has 24 heavy (non-hydrogen) atoms. The Hall–Kier alpha value is -1.88. The van der Waals surface area contributed by atoms with E-state index in [0.29, 0.717) is 6.54 Å². The maximum absolute atomic E-state index is 12.4. The van der Waals surface area contributed by atoms with Crippen LogP contribution in [0, 0.1) is 0 Å². The Morgan fingerprint density at radius 1 is 1.29 bits per heavy atom. The van der Waals surface area contributed by atoms with Crippen LogP contribution < -0.4 is 0 Å². The number of nitrogens with zero attached hydrogens (tertiary/aromatic N) is 2. The molecule has 1 saturated heterocycles. The minimum Gasteiger partial charge on any atom is -0.426 e. The molecule has 1 aliphatic heterocycles. The Bertz CT molecular complexity index is 548. The second kappa shape index (κ2) is 10.8. The first-order valence-electron chi connectivity index (χ1n) is 8.42. The maximum atomic E-state index is 12.4. The standard InChI is InChI=1S/C19H28N2O2S/c1-5-7-8-9-10-14-21-18(22)17(23-19(21)24)15-16(6-2)12-11-13-20(3)4/h6,11-13,15H,2,5,7-10,14H2,1,3-4H3. The van der Waals surface area contributed by atoms with Gasteiger partial charge in [0.2, 0.25) is 0 Å². The van der Waals surface area contributed by atoms with Gasteiger partial charge in [-0.2, -0.15) is 0 Å². The molecule has 4 nitrogen and oxygen atoms in total. The highest BCUT2D eigenvalue weighted by molar-refractivity contribution is 7.80. The lowest BCUT2D eigenvalue weighted by atomic mass is 10.1. The molecule has 0 N–H and O–H groups in total. The Labute approximate surface area is 151 Å². The minimum absolute atomic E-state index is 0.167. The van der Waals surface area contributed by atoms with Crippen molar-refractivity contribution in [2.24, 2.45) is 0 Å². The highest BCUT2D eigenvalue weighted by Gasteiger charge is 2.32. The van der Waals surface area contributed by atoms with Gasteiger partial charge in [-0.15, -0.1) is 0 Å². The fraction of sp³-hybridized carbons (Fsp3) is 0.474. The van der Waals surface area contributed by atoms with Crippen molar-refractivity contribution in [1.29, 1.82) is 0 Å². The topological polar surface area (TPSA) is 32.8 Å². The molecule has 1 rings (SSSR count). The van der Waals surface area contributed by atoms with Gasteiger partial charge >= 0.3 is 0 Å². The molecule has 0 bridgehead atoms. The number of ether oxygens (including phenoxy) is 1. The fourth-order valence-corrected chi connectivity index (χ4v) is 2.48. The van der Waals surface area contributed by atoms with E-state index in [9.17, 15) is 4.79 Å². The highest BCUT2D eigenvalue weighted by Crippen LogP contribution is 2.20. The van der Waals surface area contributed by atoms with E-state index < -0.39 is 0 Å². The van der Waals surface area contributed by atoms with Gasteiger partial charge in [0.1, 0.15) is 0 Å². The molecular weight excluding hydrogens is 320 g/mol. The second-order valence-electron chi connectivity index (χ2n) is 5.92. The van der Waals surface area contributed by atoms with Crippen molar-refractivity contribution >= 4 is 23.3 Å². The first kappa shape index (κ1) is 20.2. The number of allylic oxidation sites excluding steroid dienone is 5. The van der Waals surface area contributed by atoms with Crippen LogP contribution in [-0.4, -0.2) is 41.5 Å². The summed E-state index contributed by atoms with van der Waals surface area (Å²) in [5.41, 5.74) is 0.795. The van der Waals surface area contributed by atoms with E-state index in [-0.39, 0.29) is 16.8 Å². The van der Waals surface area contributed by atoms with Gasteiger partial charge in [-0.1, -0.05) is 51.3 Å². The van der Waals surface area contributed by atoms with E-state index in [0.717, 1.165) is 18.4 Å². The monoisotopic (exact) mass is 348 g/mol.